The molecule has 0 spiro atoms. The van der Waals surface area contributed by atoms with E-state index in [1.165, 1.54) is 0 Å². The van der Waals surface area contributed by atoms with E-state index in [1.54, 1.807) is 11.3 Å². The lowest BCUT2D eigenvalue weighted by Gasteiger charge is -1.99. The summed E-state index contributed by atoms with van der Waals surface area (Å²) in [6.07, 6.45) is 0.940. The van der Waals surface area contributed by atoms with E-state index in [0.717, 1.165) is 21.1 Å². The highest BCUT2D eigenvalue weighted by atomic mass is 35.5. The van der Waals surface area contributed by atoms with Crippen molar-refractivity contribution in [3.05, 3.63) is 39.9 Å². The largest absolute Gasteiger partial charge is 0.349 e. The van der Waals surface area contributed by atoms with Crippen LogP contribution < -0.4 is 5.32 Å². The molecule has 0 saturated carbocycles. The summed E-state index contributed by atoms with van der Waals surface area (Å²) in [7, 11) is 0. The summed E-state index contributed by atoms with van der Waals surface area (Å²) in [6.45, 7) is 2.37. The normalized spacial score (nSPS) is 10.3. The smallest absolute Gasteiger partial charge is 0.284 e. The van der Waals surface area contributed by atoms with Crippen LogP contribution in [-0.2, 0) is 16.0 Å². The number of aryl methyl sites for hydroxylation is 1. The first-order chi connectivity index (χ1) is 9.60. The Kier molecular flexibility index (Phi) is 4.87. The molecular weight excluding hydrogens is 296 g/mol. The van der Waals surface area contributed by atoms with E-state index < -0.39 is 5.91 Å². The van der Waals surface area contributed by atoms with Gasteiger partial charge in [0, 0.05) is 28.4 Å². The molecule has 1 amide bonds. The molecule has 0 bridgehead atoms. The summed E-state index contributed by atoms with van der Waals surface area (Å²) in [5.74, 6) is -0.593. The molecule has 0 aliphatic rings. The molecule has 4 nitrogen and oxygen atoms in total. The number of thiazole rings is 1. The third kappa shape index (κ3) is 3.65. The number of benzene rings is 1. The molecule has 0 fully saturated rings. The molecule has 20 heavy (non-hydrogen) atoms. The Labute approximate surface area is 125 Å². The summed E-state index contributed by atoms with van der Waals surface area (Å²) in [6, 6.07) is 7.52. The predicted molar refractivity (Wildman–Crippen MR) is 80.1 cm³/mol. The van der Waals surface area contributed by atoms with Crippen molar-refractivity contribution in [1.82, 2.24) is 10.3 Å². The van der Waals surface area contributed by atoms with Crippen LogP contribution in [0.15, 0.2) is 24.3 Å². The summed E-state index contributed by atoms with van der Waals surface area (Å²) in [5.41, 5.74) is 1.96. The van der Waals surface area contributed by atoms with Crippen molar-refractivity contribution < 1.29 is 9.59 Å². The van der Waals surface area contributed by atoms with Crippen molar-refractivity contribution >= 4 is 35.1 Å². The molecule has 6 heteroatoms. The van der Waals surface area contributed by atoms with Crippen molar-refractivity contribution in [3.8, 4) is 10.6 Å². The van der Waals surface area contributed by atoms with E-state index in [1.807, 2.05) is 31.2 Å². The van der Waals surface area contributed by atoms with Gasteiger partial charge in [0.2, 0.25) is 6.29 Å². The topological polar surface area (TPSA) is 59.1 Å². The Morgan fingerprint density at radius 2 is 2.10 bits per heavy atom. The van der Waals surface area contributed by atoms with Crippen LogP contribution >= 0.6 is 22.9 Å². The molecule has 1 aromatic heterocycles. The van der Waals surface area contributed by atoms with Crippen LogP contribution in [0, 0.1) is 6.92 Å². The van der Waals surface area contributed by atoms with Crippen molar-refractivity contribution in [2.45, 2.75) is 13.3 Å². The minimum absolute atomic E-state index is 0.276. The maximum Gasteiger partial charge on any atom is 0.284 e. The summed E-state index contributed by atoms with van der Waals surface area (Å²) in [5, 5.41) is 4.14. The van der Waals surface area contributed by atoms with E-state index >= 15 is 0 Å². The minimum Gasteiger partial charge on any atom is -0.349 e. The molecule has 0 unspecified atom stereocenters. The van der Waals surface area contributed by atoms with Gasteiger partial charge in [-0.05, 0) is 19.1 Å². The van der Waals surface area contributed by atoms with Crippen LogP contribution in [0.5, 0.6) is 0 Å². The minimum atomic E-state index is -0.593. The van der Waals surface area contributed by atoms with Crippen molar-refractivity contribution in [3.63, 3.8) is 0 Å². The highest BCUT2D eigenvalue weighted by Crippen LogP contribution is 2.28. The summed E-state index contributed by atoms with van der Waals surface area (Å²) < 4.78 is 0. The molecule has 2 aromatic rings. The van der Waals surface area contributed by atoms with Crippen LogP contribution in [0.25, 0.3) is 10.6 Å². The third-order valence-electron chi connectivity index (χ3n) is 2.74. The van der Waals surface area contributed by atoms with Crippen LogP contribution in [0.4, 0.5) is 0 Å². The molecule has 0 aliphatic carbocycles. The summed E-state index contributed by atoms with van der Waals surface area (Å²) >= 11 is 7.45. The fourth-order valence-corrected chi connectivity index (χ4v) is 2.91. The average molecular weight is 309 g/mol. The first kappa shape index (κ1) is 14.7. The number of carbonyl (C=O) groups is 2. The number of hydrogen-bond donors (Lipinski definition) is 1. The third-order valence-corrected chi connectivity index (χ3v) is 4.26. The SMILES string of the molecule is Cc1nc(-c2ccc(Cl)cc2)sc1CCNC(=O)C=O. The standard InChI is InChI=1S/C14H13ClN2O2S/c1-9-12(6-7-16-13(19)8-18)20-14(17-9)10-2-4-11(15)5-3-10/h2-5,8H,6-7H2,1H3,(H,16,19). The molecule has 104 valence electrons. The number of carbonyl (C=O) groups excluding carboxylic acids is 2. The number of rotatable bonds is 5. The highest BCUT2D eigenvalue weighted by molar-refractivity contribution is 7.15. The molecule has 0 radical (unpaired) electrons. The Morgan fingerprint density at radius 1 is 1.40 bits per heavy atom. The molecule has 2 rings (SSSR count). The van der Waals surface area contributed by atoms with Crippen LogP contribution in [0.3, 0.4) is 0 Å². The van der Waals surface area contributed by atoms with Crippen molar-refractivity contribution in [2.75, 3.05) is 6.54 Å². The van der Waals surface area contributed by atoms with E-state index in [9.17, 15) is 9.59 Å². The lowest BCUT2D eigenvalue weighted by Crippen LogP contribution is -2.26. The van der Waals surface area contributed by atoms with Crippen LogP contribution in [0.2, 0.25) is 5.02 Å². The molecule has 0 aliphatic heterocycles. The molecule has 0 atom stereocenters. The average Bonchev–Trinajstić information content (AvgIpc) is 2.81. The van der Waals surface area contributed by atoms with Gasteiger partial charge in [0.05, 0.1) is 5.69 Å². The fraction of sp³-hybridized carbons (Fsp3) is 0.214. The van der Waals surface area contributed by atoms with Crippen molar-refractivity contribution in [1.29, 1.82) is 0 Å². The summed E-state index contributed by atoms with van der Waals surface area (Å²) in [4.78, 5) is 26.7. The zero-order valence-corrected chi connectivity index (χ0v) is 12.4. The second kappa shape index (κ2) is 6.63. The van der Waals surface area contributed by atoms with Gasteiger partial charge in [-0.25, -0.2) is 4.98 Å². The van der Waals surface area contributed by atoms with Crippen molar-refractivity contribution in [2.24, 2.45) is 0 Å². The number of aromatic nitrogens is 1. The second-order valence-corrected chi connectivity index (χ2v) is 5.71. The Hall–Kier alpha value is -1.72. The van der Waals surface area contributed by atoms with Gasteiger partial charge < -0.3 is 5.32 Å². The van der Waals surface area contributed by atoms with Gasteiger partial charge in [0.15, 0.2) is 0 Å². The van der Waals surface area contributed by atoms with E-state index in [-0.39, 0.29) is 6.29 Å². The van der Waals surface area contributed by atoms with Gasteiger partial charge in [0.1, 0.15) is 5.01 Å². The molecular formula is C14H13ClN2O2S. The number of aldehydes is 1. The Morgan fingerprint density at radius 3 is 2.75 bits per heavy atom. The van der Waals surface area contributed by atoms with E-state index in [0.29, 0.717) is 18.0 Å². The van der Waals surface area contributed by atoms with Gasteiger partial charge in [0.25, 0.3) is 5.91 Å². The fourth-order valence-electron chi connectivity index (χ4n) is 1.72. The lowest BCUT2D eigenvalue weighted by molar-refractivity contribution is -0.131. The van der Waals surface area contributed by atoms with Crippen LogP contribution in [-0.4, -0.2) is 23.7 Å². The highest BCUT2D eigenvalue weighted by Gasteiger charge is 2.09. The maximum atomic E-state index is 10.8. The number of nitrogens with one attached hydrogen (secondary N) is 1. The number of halogens is 1. The molecule has 1 aromatic carbocycles. The van der Waals surface area contributed by atoms with E-state index in [4.69, 9.17) is 11.6 Å². The van der Waals surface area contributed by atoms with Crippen LogP contribution in [0.1, 0.15) is 10.6 Å². The van der Waals surface area contributed by atoms with Gasteiger partial charge >= 0.3 is 0 Å². The molecule has 1 heterocycles. The second-order valence-electron chi connectivity index (χ2n) is 4.19. The number of hydrogen-bond acceptors (Lipinski definition) is 4. The monoisotopic (exact) mass is 308 g/mol. The van der Waals surface area contributed by atoms with E-state index in [2.05, 4.69) is 10.3 Å². The number of amides is 1. The zero-order valence-electron chi connectivity index (χ0n) is 10.9. The molecule has 1 N–H and O–H groups in total. The maximum absolute atomic E-state index is 10.8. The van der Waals surface area contributed by atoms with Gasteiger partial charge in [-0.15, -0.1) is 11.3 Å². The predicted octanol–water partition coefficient (Wildman–Crippen LogP) is 2.63. The first-order valence-electron chi connectivity index (χ1n) is 6.05. The van der Waals surface area contributed by atoms with Gasteiger partial charge in [-0.1, -0.05) is 23.7 Å². The Balaban J connectivity index is 2.07. The quantitative estimate of drug-likeness (QED) is 0.682. The molecule has 0 saturated heterocycles. The lowest BCUT2D eigenvalue weighted by atomic mass is 10.2. The van der Waals surface area contributed by atoms with Gasteiger partial charge in [-0.2, -0.15) is 0 Å². The number of nitrogens with zero attached hydrogens (tertiary/aromatic N) is 1. The van der Waals surface area contributed by atoms with Gasteiger partial charge in [-0.3, -0.25) is 9.59 Å². The first-order valence-corrected chi connectivity index (χ1v) is 7.25. The zero-order chi connectivity index (χ0) is 14.5. The Bertz CT molecular complexity index is 623.